The van der Waals surface area contributed by atoms with Gasteiger partial charge >= 0.3 is 0 Å². The topological polar surface area (TPSA) is 60.9 Å². The zero-order valence-corrected chi connectivity index (χ0v) is 20.1. The molecule has 3 aromatic carbocycles. The van der Waals surface area contributed by atoms with E-state index in [0.717, 1.165) is 16.8 Å². The first-order valence-corrected chi connectivity index (χ1v) is 12.6. The van der Waals surface area contributed by atoms with Crippen LogP contribution in [-0.2, 0) is 14.8 Å². The molecular formula is C26H28FN3O3S. The van der Waals surface area contributed by atoms with Crippen LogP contribution >= 0.6 is 0 Å². The number of benzene rings is 3. The van der Waals surface area contributed by atoms with Gasteiger partial charge in [-0.25, -0.2) is 12.8 Å². The number of halogens is 1. The molecule has 1 heterocycles. The predicted octanol–water partition coefficient (Wildman–Crippen LogP) is 3.99. The highest BCUT2D eigenvalue weighted by Crippen LogP contribution is 2.26. The maximum absolute atomic E-state index is 13.6. The molecule has 1 aliphatic rings. The average Bonchev–Trinajstić information content (AvgIpc) is 2.83. The van der Waals surface area contributed by atoms with Gasteiger partial charge in [0, 0.05) is 31.9 Å². The molecule has 4 rings (SSSR count). The van der Waals surface area contributed by atoms with E-state index < -0.39 is 10.0 Å². The number of nitrogens with zero attached hydrogens (tertiary/aromatic N) is 3. The highest BCUT2D eigenvalue weighted by molar-refractivity contribution is 7.92. The van der Waals surface area contributed by atoms with E-state index >= 15 is 0 Å². The minimum Gasteiger partial charge on any atom is -0.368 e. The summed E-state index contributed by atoms with van der Waals surface area (Å²) in [6, 6.07) is 20.0. The highest BCUT2D eigenvalue weighted by atomic mass is 32.2. The number of amides is 1. The maximum Gasteiger partial charge on any atom is 0.264 e. The van der Waals surface area contributed by atoms with Gasteiger partial charge < -0.3 is 9.80 Å². The van der Waals surface area contributed by atoms with Gasteiger partial charge in [0.25, 0.3) is 10.0 Å². The van der Waals surface area contributed by atoms with Crippen LogP contribution in [0.4, 0.5) is 15.8 Å². The summed E-state index contributed by atoms with van der Waals surface area (Å²) in [5.74, 6) is -0.541. The van der Waals surface area contributed by atoms with Crippen molar-refractivity contribution in [2.24, 2.45) is 0 Å². The number of rotatable bonds is 6. The van der Waals surface area contributed by atoms with Gasteiger partial charge in [-0.05, 0) is 73.5 Å². The number of sulfonamides is 1. The summed E-state index contributed by atoms with van der Waals surface area (Å²) < 4.78 is 41.5. The van der Waals surface area contributed by atoms with Gasteiger partial charge in [-0.15, -0.1) is 0 Å². The molecule has 0 spiro atoms. The number of anilines is 2. The van der Waals surface area contributed by atoms with Crippen molar-refractivity contribution < 1.29 is 17.6 Å². The van der Waals surface area contributed by atoms with E-state index in [1.807, 2.05) is 19.9 Å². The third-order valence-corrected chi connectivity index (χ3v) is 7.72. The summed E-state index contributed by atoms with van der Waals surface area (Å²) in [7, 11) is -3.94. The standard InChI is InChI=1S/C26H28FN3O3S/c1-20-16-21(2)18-24(17-20)30(34(32,33)25-6-4-3-5-7-25)19-26(31)29-14-12-28(13-15-29)23-10-8-22(27)9-11-23/h3-11,16-18H,12-15,19H2,1-2H3. The molecule has 34 heavy (non-hydrogen) atoms. The fraction of sp³-hybridized carbons (Fsp3) is 0.269. The first-order valence-electron chi connectivity index (χ1n) is 11.2. The van der Waals surface area contributed by atoms with Crippen LogP contribution in [0.5, 0.6) is 0 Å². The molecule has 0 N–H and O–H groups in total. The van der Waals surface area contributed by atoms with Crippen molar-refractivity contribution in [3.8, 4) is 0 Å². The Morgan fingerprint density at radius 1 is 0.882 bits per heavy atom. The molecule has 3 aromatic rings. The normalized spacial score (nSPS) is 14.2. The van der Waals surface area contributed by atoms with E-state index in [2.05, 4.69) is 4.90 Å². The summed E-state index contributed by atoms with van der Waals surface area (Å²) in [6.45, 7) is 5.63. The van der Waals surface area contributed by atoms with Crippen LogP contribution < -0.4 is 9.21 Å². The Bertz CT molecular complexity index is 1240. The van der Waals surface area contributed by atoms with Crippen molar-refractivity contribution >= 4 is 27.3 Å². The predicted molar refractivity (Wildman–Crippen MR) is 132 cm³/mol. The van der Waals surface area contributed by atoms with Crippen molar-refractivity contribution in [1.82, 2.24) is 4.90 Å². The Hall–Kier alpha value is -3.39. The zero-order valence-electron chi connectivity index (χ0n) is 19.3. The lowest BCUT2D eigenvalue weighted by atomic mass is 10.1. The molecule has 0 radical (unpaired) electrons. The molecule has 0 atom stereocenters. The van der Waals surface area contributed by atoms with Crippen LogP contribution in [0.3, 0.4) is 0 Å². The fourth-order valence-corrected chi connectivity index (χ4v) is 5.64. The summed E-state index contributed by atoms with van der Waals surface area (Å²) in [4.78, 5) is 17.2. The monoisotopic (exact) mass is 481 g/mol. The number of piperazine rings is 1. The molecule has 0 unspecified atom stereocenters. The van der Waals surface area contributed by atoms with Gasteiger partial charge in [0.2, 0.25) is 5.91 Å². The Morgan fingerprint density at radius 2 is 1.47 bits per heavy atom. The molecule has 1 fully saturated rings. The number of hydrogen-bond acceptors (Lipinski definition) is 4. The minimum absolute atomic E-state index is 0.142. The van der Waals surface area contributed by atoms with E-state index in [-0.39, 0.29) is 23.2 Å². The largest absolute Gasteiger partial charge is 0.368 e. The molecule has 1 aliphatic heterocycles. The van der Waals surface area contributed by atoms with Crippen LogP contribution in [-0.4, -0.2) is 51.9 Å². The first-order chi connectivity index (χ1) is 16.2. The van der Waals surface area contributed by atoms with Gasteiger partial charge in [0.1, 0.15) is 12.4 Å². The molecule has 0 bridgehead atoms. The highest BCUT2D eigenvalue weighted by Gasteiger charge is 2.30. The van der Waals surface area contributed by atoms with Crippen LogP contribution in [0.1, 0.15) is 11.1 Å². The van der Waals surface area contributed by atoms with Crippen molar-refractivity contribution in [3.05, 3.63) is 89.7 Å². The van der Waals surface area contributed by atoms with E-state index in [4.69, 9.17) is 0 Å². The minimum atomic E-state index is -3.94. The second kappa shape index (κ2) is 9.85. The third-order valence-electron chi connectivity index (χ3n) is 5.93. The molecule has 6 nitrogen and oxygen atoms in total. The lowest BCUT2D eigenvalue weighted by Gasteiger charge is -2.37. The first kappa shape index (κ1) is 23.8. The van der Waals surface area contributed by atoms with Crippen LogP contribution in [0.15, 0.2) is 77.7 Å². The van der Waals surface area contributed by atoms with Gasteiger partial charge in [-0.3, -0.25) is 9.10 Å². The Balaban J connectivity index is 1.55. The van der Waals surface area contributed by atoms with Crippen molar-refractivity contribution in [2.45, 2.75) is 18.7 Å². The summed E-state index contributed by atoms with van der Waals surface area (Å²) in [6.07, 6.45) is 0. The van der Waals surface area contributed by atoms with Gasteiger partial charge in [0.05, 0.1) is 10.6 Å². The quantitative estimate of drug-likeness (QED) is 0.534. The summed E-state index contributed by atoms with van der Waals surface area (Å²) in [5.41, 5.74) is 3.21. The molecule has 0 saturated carbocycles. The molecule has 8 heteroatoms. The van der Waals surface area contributed by atoms with Crippen molar-refractivity contribution in [2.75, 3.05) is 41.9 Å². The third kappa shape index (κ3) is 5.22. The second-order valence-corrected chi connectivity index (χ2v) is 10.4. The summed E-state index contributed by atoms with van der Waals surface area (Å²) in [5, 5.41) is 0. The lowest BCUT2D eigenvalue weighted by Crippen LogP contribution is -2.52. The van der Waals surface area contributed by atoms with Gasteiger partial charge in [-0.1, -0.05) is 24.3 Å². The Morgan fingerprint density at radius 3 is 2.06 bits per heavy atom. The molecule has 1 saturated heterocycles. The second-order valence-electron chi connectivity index (χ2n) is 8.51. The molecular weight excluding hydrogens is 453 g/mol. The average molecular weight is 482 g/mol. The van der Waals surface area contributed by atoms with E-state index in [1.165, 1.54) is 28.6 Å². The number of carbonyl (C=O) groups excluding carboxylic acids is 1. The molecule has 0 aromatic heterocycles. The maximum atomic E-state index is 13.6. The van der Waals surface area contributed by atoms with Gasteiger partial charge in [0.15, 0.2) is 0 Å². The molecule has 178 valence electrons. The SMILES string of the molecule is Cc1cc(C)cc(N(CC(=O)N2CCN(c3ccc(F)cc3)CC2)S(=O)(=O)c2ccccc2)c1. The van der Waals surface area contributed by atoms with Gasteiger partial charge in [-0.2, -0.15) is 0 Å². The molecule has 1 amide bonds. The van der Waals surface area contributed by atoms with E-state index in [1.54, 1.807) is 47.4 Å². The van der Waals surface area contributed by atoms with E-state index in [9.17, 15) is 17.6 Å². The molecule has 0 aliphatic carbocycles. The number of carbonyl (C=O) groups is 1. The smallest absolute Gasteiger partial charge is 0.264 e. The van der Waals surface area contributed by atoms with Crippen LogP contribution in [0.25, 0.3) is 0 Å². The Kier molecular flexibility index (Phi) is 6.88. The lowest BCUT2D eigenvalue weighted by molar-refractivity contribution is -0.129. The van der Waals surface area contributed by atoms with E-state index in [0.29, 0.717) is 31.9 Å². The fourth-order valence-electron chi connectivity index (χ4n) is 4.22. The zero-order chi connectivity index (χ0) is 24.3. The Labute approximate surface area is 200 Å². The number of aryl methyl sites for hydroxylation is 2. The number of hydrogen-bond donors (Lipinski definition) is 0. The van der Waals surface area contributed by atoms with Crippen LogP contribution in [0.2, 0.25) is 0 Å². The summed E-state index contributed by atoms with van der Waals surface area (Å²) >= 11 is 0. The van der Waals surface area contributed by atoms with Crippen molar-refractivity contribution in [1.29, 1.82) is 0 Å². The van der Waals surface area contributed by atoms with Crippen LogP contribution in [0, 0.1) is 19.7 Å². The van der Waals surface area contributed by atoms with Crippen molar-refractivity contribution in [3.63, 3.8) is 0 Å².